The highest BCUT2D eigenvalue weighted by molar-refractivity contribution is 6.50. The monoisotopic (exact) mass is 978 g/mol. The summed E-state index contributed by atoms with van der Waals surface area (Å²) in [5, 5.41) is 48.1. The van der Waals surface area contributed by atoms with E-state index >= 15 is 0 Å². The molecule has 0 spiro atoms. The maximum atomic E-state index is 4.05. The van der Waals surface area contributed by atoms with Gasteiger partial charge >= 0.3 is 0 Å². The summed E-state index contributed by atoms with van der Waals surface area (Å²) >= 11 is 0. The Balaban J connectivity index is 0.986. The van der Waals surface area contributed by atoms with Crippen molar-refractivity contribution in [1.82, 2.24) is 0 Å². The smallest absolute Gasteiger partial charge is 0.0509 e. The van der Waals surface area contributed by atoms with Crippen molar-refractivity contribution in [3.63, 3.8) is 0 Å². The molecular weight excluding hydrogens is 929 g/mol. The lowest BCUT2D eigenvalue weighted by atomic mass is 9.83. The summed E-state index contributed by atoms with van der Waals surface area (Å²) in [6, 6.07) is 75.2. The van der Waals surface area contributed by atoms with Crippen molar-refractivity contribution in [3.05, 3.63) is 215 Å². The van der Waals surface area contributed by atoms with Crippen molar-refractivity contribution >= 4 is 151 Å². The summed E-state index contributed by atoms with van der Waals surface area (Å²) in [5.74, 6) is 0. The molecule has 1 atom stereocenters. The summed E-state index contributed by atoms with van der Waals surface area (Å²) in [6.45, 7) is 7.77. The highest BCUT2D eigenvalue weighted by Crippen LogP contribution is 2.58. The van der Waals surface area contributed by atoms with Crippen molar-refractivity contribution in [1.29, 1.82) is 0 Å². The number of benzene rings is 15. The van der Waals surface area contributed by atoms with E-state index in [-0.39, 0.29) is 0 Å². The maximum Gasteiger partial charge on any atom is 0.0509 e. The molecule has 0 fully saturated rings. The largest absolute Gasteiger partial charge is 0.384 e. The van der Waals surface area contributed by atoms with Gasteiger partial charge in [-0.1, -0.05) is 208 Å². The van der Waals surface area contributed by atoms with Gasteiger partial charge in [-0.25, -0.2) is 0 Å². The molecule has 17 aromatic carbocycles. The van der Waals surface area contributed by atoms with Crippen LogP contribution in [0.3, 0.4) is 0 Å². The molecule has 1 aliphatic carbocycles. The third-order valence-electron chi connectivity index (χ3n) is 18.6. The zero-order valence-corrected chi connectivity index (χ0v) is 43.2. The lowest BCUT2D eigenvalue weighted by molar-refractivity contribution is 0.764. The van der Waals surface area contributed by atoms with Crippen LogP contribution in [0.25, 0.3) is 162 Å². The first kappa shape index (κ1) is 42.0. The van der Waals surface area contributed by atoms with Gasteiger partial charge in [-0.05, 0) is 182 Å². The fourth-order valence-electron chi connectivity index (χ4n) is 15.4. The molecular formula is C75H50N2. The predicted molar refractivity (Wildman–Crippen MR) is 334 cm³/mol. The lowest BCUT2D eigenvalue weighted by Crippen LogP contribution is -2.15. The molecule has 2 heteroatoms. The Kier molecular flexibility index (Phi) is 8.19. The lowest BCUT2D eigenvalue weighted by Gasteiger charge is -2.19. The minimum absolute atomic E-state index is 0.326. The second-order valence-corrected chi connectivity index (χ2v) is 22.3. The van der Waals surface area contributed by atoms with Crippen LogP contribution >= 0.6 is 0 Å². The van der Waals surface area contributed by atoms with Gasteiger partial charge in [0, 0.05) is 33.8 Å². The van der Waals surface area contributed by atoms with Gasteiger partial charge in [-0.2, -0.15) is 0 Å². The SMILES string of the molecule is CCCNc1c2c(c(NC(C)CC)c3ccccc13)=c1ccc3c4ccc5c6ccc7c8c(-c9ccccc9)c9c%10cccc%11cccc(c9c(-c9ccccc9)c8c8ccc(c9ccc(c%12ccc=2c1c%123)c4c95)c6c87)c%11%10. The summed E-state index contributed by atoms with van der Waals surface area (Å²) in [4.78, 5) is 0. The highest BCUT2D eigenvalue weighted by atomic mass is 14.9. The zero-order chi connectivity index (χ0) is 50.5. The Morgan fingerprint density at radius 1 is 0.312 bits per heavy atom. The molecule has 1 aliphatic rings. The van der Waals surface area contributed by atoms with Gasteiger partial charge in [-0.3, -0.25) is 0 Å². The second-order valence-electron chi connectivity index (χ2n) is 22.3. The van der Waals surface area contributed by atoms with E-state index in [1.807, 2.05) is 0 Å². The van der Waals surface area contributed by atoms with E-state index in [2.05, 4.69) is 226 Å². The van der Waals surface area contributed by atoms with Crippen LogP contribution in [0.5, 0.6) is 0 Å². The molecule has 0 saturated carbocycles. The van der Waals surface area contributed by atoms with Crippen molar-refractivity contribution < 1.29 is 0 Å². The summed E-state index contributed by atoms with van der Waals surface area (Å²) in [6.07, 6.45) is 2.10. The van der Waals surface area contributed by atoms with Crippen molar-refractivity contribution in [3.8, 4) is 22.3 Å². The number of nitrogens with one attached hydrogen (secondary N) is 2. The van der Waals surface area contributed by atoms with Gasteiger partial charge < -0.3 is 10.6 Å². The zero-order valence-electron chi connectivity index (χ0n) is 43.2. The van der Waals surface area contributed by atoms with Crippen molar-refractivity contribution in [2.45, 2.75) is 39.7 Å². The Bertz CT molecular complexity index is 5400. The number of hydrogen-bond acceptors (Lipinski definition) is 2. The second kappa shape index (κ2) is 15.0. The minimum atomic E-state index is 0.326. The molecule has 77 heavy (non-hydrogen) atoms. The molecule has 0 amide bonds. The molecule has 2 nitrogen and oxygen atoms in total. The van der Waals surface area contributed by atoms with E-state index in [1.54, 1.807) is 0 Å². The Morgan fingerprint density at radius 2 is 0.675 bits per heavy atom. The van der Waals surface area contributed by atoms with Gasteiger partial charge in [0.2, 0.25) is 0 Å². The van der Waals surface area contributed by atoms with Crippen LogP contribution in [0, 0.1) is 20.9 Å². The fraction of sp³-hybridized carbons (Fsp3) is 0.0933. The van der Waals surface area contributed by atoms with Gasteiger partial charge in [0.15, 0.2) is 0 Å². The van der Waals surface area contributed by atoms with Gasteiger partial charge in [0.1, 0.15) is 0 Å². The normalized spacial score (nSPS) is 13.2. The summed E-state index contributed by atoms with van der Waals surface area (Å²) in [5.41, 5.74) is 7.67. The molecule has 0 radical (unpaired) electrons. The molecule has 18 rings (SSSR count). The van der Waals surface area contributed by atoms with E-state index in [4.69, 9.17) is 0 Å². The first-order valence-electron chi connectivity index (χ1n) is 27.9. The van der Waals surface area contributed by atoms with E-state index in [0.717, 1.165) is 19.4 Å². The van der Waals surface area contributed by atoms with Gasteiger partial charge in [0.05, 0.1) is 11.4 Å². The first-order valence-corrected chi connectivity index (χ1v) is 27.9. The number of rotatable bonds is 8. The highest BCUT2D eigenvalue weighted by Gasteiger charge is 2.30. The number of hydrogen-bond donors (Lipinski definition) is 2. The molecule has 0 aromatic heterocycles. The molecule has 0 saturated heterocycles. The Hall–Kier alpha value is -9.24. The van der Waals surface area contributed by atoms with Crippen LogP contribution in [0.1, 0.15) is 33.6 Å². The Morgan fingerprint density at radius 3 is 1.13 bits per heavy atom. The molecule has 2 N–H and O–H groups in total. The molecule has 1 unspecified atom stereocenters. The van der Waals surface area contributed by atoms with Crippen LogP contribution in [0.4, 0.5) is 11.4 Å². The Labute approximate surface area is 443 Å². The van der Waals surface area contributed by atoms with Crippen LogP contribution in [-0.2, 0) is 0 Å². The van der Waals surface area contributed by atoms with Crippen LogP contribution < -0.4 is 10.6 Å². The molecule has 0 heterocycles. The third kappa shape index (κ3) is 5.12. The number of anilines is 2. The summed E-state index contributed by atoms with van der Waals surface area (Å²) in [7, 11) is 0. The van der Waals surface area contributed by atoms with Gasteiger partial charge in [-0.15, -0.1) is 0 Å². The van der Waals surface area contributed by atoms with Crippen molar-refractivity contribution in [2.24, 2.45) is 0 Å². The molecule has 0 bridgehead atoms. The topological polar surface area (TPSA) is 24.1 Å². The van der Waals surface area contributed by atoms with Gasteiger partial charge in [0.25, 0.3) is 0 Å². The van der Waals surface area contributed by atoms with E-state index in [0.29, 0.717) is 6.04 Å². The summed E-state index contributed by atoms with van der Waals surface area (Å²) < 4.78 is 0. The standard InChI is InChI=1S/C75H50N2/c1-4-38-76-74-51-22-12-13-23-52(51)75(77-39(3)5-2)73-58-37-33-50-46-29-27-44-48-31-35-56-66-55(34-30-47(64(48)66)43-26-28-45(63(46)62(43)44)49-32-36-57(72(73)74)67(58)65(49)50)70-60(41-16-8-6-9-17-41)68-53-24-14-20-40-21-15-25-54(59(40)53)69(68)61(71(56)70)42-18-10-7-11-19-42/h6-37,39,76-77H,4-5,38H2,1-3H3. The quantitative estimate of drug-likeness (QED) is 0.0901. The minimum Gasteiger partial charge on any atom is -0.384 e. The third-order valence-corrected chi connectivity index (χ3v) is 18.6. The van der Waals surface area contributed by atoms with Crippen LogP contribution in [0.15, 0.2) is 194 Å². The molecule has 360 valence electrons. The van der Waals surface area contributed by atoms with E-state index < -0.39 is 0 Å². The maximum absolute atomic E-state index is 4.05. The molecule has 0 aliphatic heterocycles. The average Bonchev–Trinajstić information content (AvgIpc) is 3.94. The number of fused-ring (bicyclic) bond motifs is 12. The van der Waals surface area contributed by atoms with Crippen LogP contribution in [-0.4, -0.2) is 12.6 Å². The van der Waals surface area contributed by atoms with E-state index in [9.17, 15) is 0 Å². The van der Waals surface area contributed by atoms with Crippen molar-refractivity contribution in [2.75, 3.05) is 17.2 Å². The molecule has 17 aromatic rings. The van der Waals surface area contributed by atoms with Crippen LogP contribution in [0.2, 0.25) is 0 Å². The average molecular weight is 979 g/mol. The fourth-order valence-corrected chi connectivity index (χ4v) is 15.4. The van der Waals surface area contributed by atoms with E-state index in [1.165, 1.54) is 195 Å². The predicted octanol–water partition coefficient (Wildman–Crippen LogP) is 20.7. The first-order chi connectivity index (χ1) is 38.1.